The zero-order valence-corrected chi connectivity index (χ0v) is 10.6. The Balaban J connectivity index is 2.38. The molecule has 0 bridgehead atoms. The minimum atomic E-state index is 0.0879. The van der Waals surface area contributed by atoms with Crippen LogP contribution in [0, 0.1) is 6.92 Å². The van der Waals surface area contributed by atoms with Gasteiger partial charge in [0, 0.05) is 32.3 Å². The summed E-state index contributed by atoms with van der Waals surface area (Å²) in [6, 6.07) is 2.27. The van der Waals surface area contributed by atoms with Crippen molar-refractivity contribution in [3.05, 3.63) is 28.6 Å². The molecule has 0 aromatic carbocycles. The second-order valence-electron chi connectivity index (χ2n) is 4.66. The number of methoxy groups -OCH3 is 1. The first-order valence-corrected chi connectivity index (χ1v) is 5.82. The largest absolute Gasteiger partial charge is 0.375 e. The topological polar surface area (TPSA) is 25.4 Å². The summed E-state index contributed by atoms with van der Waals surface area (Å²) in [5, 5.41) is 0. The van der Waals surface area contributed by atoms with E-state index in [0.717, 1.165) is 25.2 Å². The summed E-state index contributed by atoms with van der Waals surface area (Å²) >= 11 is 0. The second-order valence-corrected chi connectivity index (χ2v) is 4.66. The second kappa shape index (κ2) is 4.52. The third-order valence-electron chi connectivity index (χ3n) is 3.33. The van der Waals surface area contributed by atoms with Crippen LogP contribution in [0.5, 0.6) is 0 Å². The number of nitrogens with zero attached hydrogens (tertiary/aromatic N) is 2. The van der Waals surface area contributed by atoms with E-state index in [1.165, 1.54) is 16.8 Å². The minimum Gasteiger partial charge on any atom is -0.375 e. The minimum absolute atomic E-state index is 0.0879. The summed E-state index contributed by atoms with van der Waals surface area (Å²) in [6.07, 6.45) is 1.14. The molecule has 1 aromatic heterocycles. The molecule has 0 fully saturated rings. The van der Waals surface area contributed by atoms with Crippen molar-refractivity contribution in [3.8, 4) is 0 Å². The van der Waals surface area contributed by atoms with Crippen LogP contribution >= 0.6 is 0 Å². The van der Waals surface area contributed by atoms with Gasteiger partial charge in [0.05, 0.1) is 11.8 Å². The number of pyridine rings is 1. The first-order chi connectivity index (χ1) is 7.61. The molecule has 0 saturated heterocycles. The highest BCUT2D eigenvalue weighted by Gasteiger charge is 2.18. The molecule has 16 heavy (non-hydrogen) atoms. The molecular weight excluding hydrogens is 200 g/mol. The number of likely N-dealkylation sites (N-methyl/N-ethyl adjacent to an activating group) is 1. The molecule has 0 amide bonds. The molecule has 3 heteroatoms. The van der Waals surface area contributed by atoms with Gasteiger partial charge in [-0.2, -0.15) is 0 Å². The smallest absolute Gasteiger partial charge is 0.0965 e. The maximum Gasteiger partial charge on any atom is 0.0965 e. The van der Waals surface area contributed by atoms with Crippen LogP contribution in [0.2, 0.25) is 0 Å². The van der Waals surface area contributed by atoms with Crippen LogP contribution in [-0.4, -0.2) is 30.6 Å². The molecule has 1 atom stereocenters. The molecule has 1 aliphatic heterocycles. The molecule has 2 heterocycles. The van der Waals surface area contributed by atoms with Gasteiger partial charge in [0.1, 0.15) is 0 Å². The normalized spacial score (nSPS) is 18.2. The standard InChI is InChI=1S/C13H20N2O/c1-9-7-11-8-15(3)6-5-12(11)14-13(9)10(2)16-4/h7,10H,5-6,8H2,1-4H3. The van der Waals surface area contributed by atoms with Gasteiger partial charge in [0.2, 0.25) is 0 Å². The highest BCUT2D eigenvalue weighted by atomic mass is 16.5. The van der Waals surface area contributed by atoms with Crippen LogP contribution in [0.15, 0.2) is 6.07 Å². The maximum atomic E-state index is 5.36. The van der Waals surface area contributed by atoms with Crippen LogP contribution in [0.25, 0.3) is 0 Å². The molecule has 1 aromatic rings. The molecular formula is C13H20N2O. The Hall–Kier alpha value is -0.930. The number of rotatable bonds is 2. The quantitative estimate of drug-likeness (QED) is 0.763. The van der Waals surface area contributed by atoms with Crippen molar-refractivity contribution in [3.63, 3.8) is 0 Å². The van der Waals surface area contributed by atoms with Crippen LogP contribution in [0.3, 0.4) is 0 Å². The van der Waals surface area contributed by atoms with Crippen molar-refractivity contribution < 1.29 is 4.74 Å². The van der Waals surface area contributed by atoms with E-state index in [-0.39, 0.29) is 6.10 Å². The Bertz CT molecular complexity index is 390. The maximum absolute atomic E-state index is 5.36. The fourth-order valence-corrected chi connectivity index (χ4v) is 2.27. The number of fused-ring (bicyclic) bond motifs is 1. The van der Waals surface area contributed by atoms with Gasteiger partial charge >= 0.3 is 0 Å². The van der Waals surface area contributed by atoms with Crippen molar-refractivity contribution in [2.45, 2.75) is 32.9 Å². The summed E-state index contributed by atoms with van der Waals surface area (Å²) in [6.45, 7) is 6.29. The van der Waals surface area contributed by atoms with Gasteiger partial charge in [-0.15, -0.1) is 0 Å². The van der Waals surface area contributed by atoms with Gasteiger partial charge in [0.25, 0.3) is 0 Å². The number of aromatic nitrogens is 1. The monoisotopic (exact) mass is 220 g/mol. The summed E-state index contributed by atoms with van der Waals surface area (Å²) in [5.74, 6) is 0. The molecule has 0 aliphatic carbocycles. The van der Waals surface area contributed by atoms with E-state index >= 15 is 0 Å². The number of hydrogen-bond donors (Lipinski definition) is 0. The van der Waals surface area contributed by atoms with Gasteiger partial charge in [-0.05, 0) is 32.0 Å². The molecule has 88 valence electrons. The Morgan fingerprint density at radius 2 is 2.25 bits per heavy atom. The van der Waals surface area contributed by atoms with Gasteiger partial charge in [-0.25, -0.2) is 0 Å². The Kier molecular flexibility index (Phi) is 3.26. The van der Waals surface area contributed by atoms with Crippen LogP contribution < -0.4 is 0 Å². The average Bonchev–Trinajstić information content (AvgIpc) is 2.27. The van der Waals surface area contributed by atoms with E-state index in [1.807, 2.05) is 0 Å². The van der Waals surface area contributed by atoms with Gasteiger partial charge in [-0.1, -0.05) is 6.07 Å². The van der Waals surface area contributed by atoms with E-state index in [2.05, 4.69) is 31.9 Å². The lowest BCUT2D eigenvalue weighted by molar-refractivity contribution is 0.115. The predicted octanol–water partition coefficient (Wildman–Crippen LogP) is 2.09. The Morgan fingerprint density at radius 1 is 1.50 bits per heavy atom. The van der Waals surface area contributed by atoms with E-state index in [0.29, 0.717) is 0 Å². The first kappa shape index (κ1) is 11.6. The fourth-order valence-electron chi connectivity index (χ4n) is 2.27. The van der Waals surface area contributed by atoms with Gasteiger partial charge in [0.15, 0.2) is 0 Å². The number of aryl methyl sites for hydroxylation is 1. The van der Waals surface area contributed by atoms with Crippen LogP contribution in [0.4, 0.5) is 0 Å². The molecule has 0 radical (unpaired) electrons. The molecule has 0 saturated carbocycles. The van der Waals surface area contributed by atoms with E-state index in [1.54, 1.807) is 7.11 Å². The summed E-state index contributed by atoms with van der Waals surface area (Å²) < 4.78 is 5.36. The van der Waals surface area contributed by atoms with Crippen LogP contribution in [0.1, 0.15) is 35.5 Å². The van der Waals surface area contributed by atoms with E-state index in [9.17, 15) is 0 Å². The lowest BCUT2D eigenvalue weighted by Gasteiger charge is -2.26. The third-order valence-corrected chi connectivity index (χ3v) is 3.33. The zero-order valence-electron chi connectivity index (χ0n) is 10.6. The van der Waals surface area contributed by atoms with Crippen LogP contribution in [-0.2, 0) is 17.7 Å². The molecule has 2 rings (SSSR count). The average molecular weight is 220 g/mol. The lowest BCUT2D eigenvalue weighted by atomic mass is 10.0. The zero-order chi connectivity index (χ0) is 11.7. The first-order valence-electron chi connectivity index (χ1n) is 5.82. The molecule has 0 N–H and O–H groups in total. The summed E-state index contributed by atoms with van der Waals surface area (Å²) in [5.41, 5.74) is 4.95. The SMILES string of the molecule is COC(C)c1nc2c(cc1C)CN(C)CC2. The van der Waals surface area contributed by atoms with Crippen molar-refractivity contribution in [2.75, 3.05) is 20.7 Å². The molecule has 3 nitrogen and oxygen atoms in total. The van der Waals surface area contributed by atoms with Gasteiger partial charge < -0.3 is 9.64 Å². The van der Waals surface area contributed by atoms with E-state index in [4.69, 9.17) is 9.72 Å². The summed E-state index contributed by atoms with van der Waals surface area (Å²) in [7, 11) is 3.89. The highest BCUT2D eigenvalue weighted by Crippen LogP contribution is 2.24. The van der Waals surface area contributed by atoms with Crippen molar-refractivity contribution in [1.82, 2.24) is 9.88 Å². The number of ether oxygens (including phenoxy) is 1. The summed E-state index contributed by atoms with van der Waals surface area (Å²) in [4.78, 5) is 7.10. The Labute approximate surface area is 97.4 Å². The predicted molar refractivity (Wildman–Crippen MR) is 64.4 cm³/mol. The Morgan fingerprint density at radius 3 is 2.94 bits per heavy atom. The molecule has 1 unspecified atom stereocenters. The molecule has 1 aliphatic rings. The lowest BCUT2D eigenvalue weighted by Crippen LogP contribution is -2.28. The van der Waals surface area contributed by atoms with E-state index < -0.39 is 0 Å². The van der Waals surface area contributed by atoms with Crippen molar-refractivity contribution in [2.24, 2.45) is 0 Å². The van der Waals surface area contributed by atoms with Crippen molar-refractivity contribution >= 4 is 0 Å². The fraction of sp³-hybridized carbons (Fsp3) is 0.615. The third kappa shape index (κ3) is 2.11. The van der Waals surface area contributed by atoms with Crippen molar-refractivity contribution in [1.29, 1.82) is 0 Å². The molecule has 0 spiro atoms. The number of hydrogen-bond acceptors (Lipinski definition) is 3. The van der Waals surface area contributed by atoms with Gasteiger partial charge in [-0.3, -0.25) is 4.98 Å². The highest BCUT2D eigenvalue weighted by molar-refractivity contribution is 5.32.